The number of benzene rings is 1. The van der Waals surface area contributed by atoms with E-state index < -0.39 is 11.0 Å². The quantitative estimate of drug-likeness (QED) is 0.602. The molecule has 0 spiro atoms. The highest BCUT2D eigenvalue weighted by molar-refractivity contribution is 5.81. The molecule has 6 heteroatoms. The lowest BCUT2D eigenvalue weighted by atomic mass is 10.0. The summed E-state index contributed by atoms with van der Waals surface area (Å²) in [5.74, 6) is 0.159. The molecule has 0 aromatic heterocycles. The maximum atomic E-state index is 11.7. The number of rotatable bonds is 6. The van der Waals surface area contributed by atoms with Gasteiger partial charge in [0.15, 0.2) is 0 Å². The molecule has 0 radical (unpaired) electrons. The number of hydrogen-bond donors (Lipinski definition) is 2. The smallest absolute Gasteiger partial charge is 0.269 e. The molecule has 1 rings (SSSR count). The Bertz CT molecular complexity index is 443. The van der Waals surface area contributed by atoms with Crippen molar-refractivity contribution in [3.63, 3.8) is 0 Å². The first-order valence-electron chi connectivity index (χ1n) is 6.16. The minimum absolute atomic E-state index is 0.0339. The maximum absolute atomic E-state index is 11.7. The van der Waals surface area contributed by atoms with Crippen LogP contribution >= 0.6 is 0 Å². The van der Waals surface area contributed by atoms with Crippen molar-refractivity contribution < 1.29 is 9.72 Å². The van der Waals surface area contributed by atoms with Gasteiger partial charge in [-0.2, -0.15) is 0 Å². The number of hydrogen-bond acceptors (Lipinski definition) is 4. The third-order valence-corrected chi connectivity index (χ3v) is 2.68. The van der Waals surface area contributed by atoms with E-state index in [0.717, 1.165) is 5.56 Å². The molecule has 0 saturated carbocycles. The molecule has 19 heavy (non-hydrogen) atoms. The summed E-state index contributed by atoms with van der Waals surface area (Å²) in [6, 6.07) is 5.54. The molecule has 1 amide bonds. The minimum Gasteiger partial charge on any atom is -0.351 e. The van der Waals surface area contributed by atoms with Crippen LogP contribution in [-0.2, 0) is 11.3 Å². The predicted octanol–water partition coefficient (Wildman–Crippen LogP) is 1.58. The van der Waals surface area contributed by atoms with Crippen LogP contribution in [0, 0.1) is 16.0 Å². The number of nitro benzene ring substituents is 1. The van der Waals surface area contributed by atoms with Crippen LogP contribution in [0.3, 0.4) is 0 Å². The summed E-state index contributed by atoms with van der Waals surface area (Å²) < 4.78 is 0. The van der Waals surface area contributed by atoms with Crippen molar-refractivity contribution in [3.05, 3.63) is 39.9 Å². The highest BCUT2D eigenvalue weighted by Gasteiger charge is 2.14. The summed E-state index contributed by atoms with van der Waals surface area (Å²) in [4.78, 5) is 21.7. The van der Waals surface area contributed by atoms with Crippen molar-refractivity contribution in [2.24, 2.45) is 11.7 Å². The number of amides is 1. The molecule has 1 aromatic carbocycles. The highest BCUT2D eigenvalue weighted by atomic mass is 16.6. The number of nitrogens with zero attached hydrogens (tertiary/aromatic N) is 1. The first-order valence-corrected chi connectivity index (χ1v) is 6.16. The van der Waals surface area contributed by atoms with Crippen LogP contribution in [0.2, 0.25) is 0 Å². The lowest BCUT2D eigenvalue weighted by molar-refractivity contribution is -0.384. The SMILES string of the molecule is CC(C)C[C@H](N)C(=O)NCc1ccc([N+](=O)[O-])cc1. The summed E-state index contributed by atoms with van der Waals surface area (Å²) >= 11 is 0. The Balaban J connectivity index is 2.48. The van der Waals surface area contributed by atoms with Crippen molar-refractivity contribution in [2.45, 2.75) is 32.9 Å². The van der Waals surface area contributed by atoms with E-state index in [1.54, 1.807) is 12.1 Å². The maximum Gasteiger partial charge on any atom is 0.269 e. The Morgan fingerprint density at radius 2 is 1.95 bits per heavy atom. The van der Waals surface area contributed by atoms with Gasteiger partial charge < -0.3 is 11.1 Å². The lowest BCUT2D eigenvalue weighted by Gasteiger charge is -2.14. The summed E-state index contributed by atoms with van der Waals surface area (Å²) in [6.45, 7) is 4.33. The largest absolute Gasteiger partial charge is 0.351 e. The van der Waals surface area contributed by atoms with Crippen LogP contribution in [0.5, 0.6) is 0 Å². The molecule has 3 N–H and O–H groups in total. The normalized spacial score (nSPS) is 12.2. The molecule has 0 aliphatic rings. The molecule has 1 aromatic rings. The van der Waals surface area contributed by atoms with Gasteiger partial charge in [-0.05, 0) is 17.9 Å². The first kappa shape index (κ1) is 15.1. The lowest BCUT2D eigenvalue weighted by Crippen LogP contribution is -2.40. The molecule has 0 aliphatic carbocycles. The zero-order valence-electron chi connectivity index (χ0n) is 11.1. The van der Waals surface area contributed by atoms with E-state index in [2.05, 4.69) is 5.32 Å². The van der Waals surface area contributed by atoms with Crippen molar-refractivity contribution >= 4 is 11.6 Å². The molecule has 0 bridgehead atoms. The molecule has 0 heterocycles. The van der Waals surface area contributed by atoms with Crippen molar-refractivity contribution in [1.29, 1.82) is 0 Å². The minimum atomic E-state index is -0.516. The van der Waals surface area contributed by atoms with E-state index in [9.17, 15) is 14.9 Å². The third kappa shape index (κ3) is 5.05. The number of nitrogens with two attached hydrogens (primary N) is 1. The topological polar surface area (TPSA) is 98.3 Å². The van der Waals surface area contributed by atoms with Gasteiger partial charge in [0.2, 0.25) is 5.91 Å². The number of nitro groups is 1. The fourth-order valence-electron chi connectivity index (χ4n) is 1.67. The summed E-state index contributed by atoms with van der Waals surface area (Å²) in [5, 5.41) is 13.2. The fourth-order valence-corrected chi connectivity index (χ4v) is 1.67. The van der Waals surface area contributed by atoms with E-state index in [1.807, 2.05) is 13.8 Å². The van der Waals surface area contributed by atoms with Gasteiger partial charge in [-0.15, -0.1) is 0 Å². The number of carbonyl (C=O) groups excluding carboxylic acids is 1. The van der Waals surface area contributed by atoms with E-state index in [1.165, 1.54) is 12.1 Å². The number of nitrogens with one attached hydrogen (secondary N) is 1. The molecular formula is C13H19N3O3. The average molecular weight is 265 g/mol. The average Bonchev–Trinajstić information content (AvgIpc) is 2.35. The van der Waals surface area contributed by atoms with Gasteiger partial charge in [0, 0.05) is 18.7 Å². The van der Waals surface area contributed by atoms with Crippen molar-refractivity contribution in [2.75, 3.05) is 0 Å². The Morgan fingerprint density at radius 3 is 2.42 bits per heavy atom. The van der Waals surface area contributed by atoms with Gasteiger partial charge in [0.25, 0.3) is 5.69 Å². The third-order valence-electron chi connectivity index (χ3n) is 2.68. The van der Waals surface area contributed by atoms with Crippen LogP contribution in [0.4, 0.5) is 5.69 Å². The molecule has 0 unspecified atom stereocenters. The predicted molar refractivity (Wildman–Crippen MR) is 72.4 cm³/mol. The summed E-state index contributed by atoms with van der Waals surface area (Å²) in [6.07, 6.45) is 0.631. The van der Waals surface area contributed by atoms with Gasteiger partial charge in [-0.3, -0.25) is 14.9 Å². The molecule has 0 aliphatic heterocycles. The Morgan fingerprint density at radius 1 is 1.37 bits per heavy atom. The molecule has 6 nitrogen and oxygen atoms in total. The fraction of sp³-hybridized carbons (Fsp3) is 0.462. The molecule has 1 atom stereocenters. The van der Waals surface area contributed by atoms with E-state index in [4.69, 9.17) is 5.73 Å². The highest BCUT2D eigenvalue weighted by Crippen LogP contribution is 2.11. The first-order chi connectivity index (χ1) is 8.90. The molecular weight excluding hydrogens is 246 g/mol. The van der Waals surface area contributed by atoms with E-state index in [0.29, 0.717) is 18.9 Å². The number of carbonyl (C=O) groups is 1. The van der Waals surface area contributed by atoms with Crippen LogP contribution < -0.4 is 11.1 Å². The second-order valence-electron chi connectivity index (χ2n) is 4.88. The van der Waals surface area contributed by atoms with Crippen LogP contribution in [-0.4, -0.2) is 16.9 Å². The molecule has 104 valence electrons. The standard InChI is InChI=1S/C13H19N3O3/c1-9(2)7-12(14)13(17)15-8-10-3-5-11(6-4-10)16(18)19/h3-6,9,12H,7-8,14H2,1-2H3,(H,15,17)/t12-/m0/s1. The Kier molecular flexibility index (Phi) is 5.44. The Hall–Kier alpha value is -1.95. The Labute approximate surface area is 112 Å². The van der Waals surface area contributed by atoms with Crippen molar-refractivity contribution in [3.8, 4) is 0 Å². The summed E-state index contributed by atoms with van der Waals surface area (Å²) in [5.41, 5.74) is 6.58. The van der Waals surface area contributed by atoms with Crippen molar-refractivity contribution in [1.82, 2.24) is 5.32 Å². The number of non-ortho nitro benzene ring substituents is 1. The van der Waals surface area contributed by atoms with Gasteiger partial charge in [-0.25, -0.2) is 0 Å². The van der Waals surface area contributed by atoms with Crippen LogP contribution in [0.15, 0.2) is 24.3 Å². The summed E-state index contributed by atoms with van der Waals surface area (Å²) in [7, 11) is 0. The zero-order valence-corrected chi connectivity index (χ0v) is 11.1. The molecule has 0 fully saturated rings. The van der Waals surface area contributed by atoms with Gasteiger partial charge in [0.05, 0.1) is 11.0 Å². The van der Waals surface area contributed by atoms with Crippen LogP contribution in [0.1, 0.15) is 25.8 Å². The van der Waals surface area contributed by atoms with Gasteiger partial charge in [-0.1, -0.05) is 26.0 Å². The van der Waals surface area contributed by atoms with E-state index >= 15 is 0 Å². The second kappa shape index (κ2) is 6.84. The molecule has 0 saturated heterocycles. The zero-order chi connectivity index (χ0) is 14.4. The van der Waals surface area contributed by atoms with Gasteiger partial charge >= 0.3 is 0 Å². The van der Waals surface area contributed by atoms with Gasteiger partial charge in [0.1, 0.15) is 0 Å². The van der Waals surface area contributed by atoms with Crippen LogP contribution in [0.25, 0.3) is 0 Å². The van der Waals surface area contributed by atoms with E-state index in [-0.39, 0.29) is 11.6 Å². The monoisotopic (exact) mass is 265 g/mol. The second-order valence-corrected chi connectivity index (χ2v) is 4.88.